The zero-order chi connectivity index (χ0) is 17.9. The first-order chi connectivity index (χ1) is 11.2. The molecule has 7 heteroatoms. The van der Waals surface area contributed by atoms with Gasteiger partial charge in [-0.3, -0.25) is 9.78 Å². The molecule has 1 fully saturated rings. The summed E-state index contributed by atoms with van der Waals surface area (Å²) in [5.41, 5.74) is 0.227. The maximum atomic E-state index is 12.5. The van der Waals surface area contributed by atoms with Gasteiger partial charge in [0.2, 0.25) is 5.91 Å². The van der Waals surface area contributed by atoms with E-state index in [9.17, 15) is 9.59 Å². The second-order valence-corrected chi connectivity index (χ2v) is 7.92. The second kappa shape index (κ2) is 7.51. The van der Waals surface area contributed by atoms with E-state index in [1.165, 1.54) is 0 Å². The molecule has 0 radical (unpaired) electrons. The van der Waals surface area contributed by atoms with Gasteiger partial charge in [0, 0.05) is 42.0 Å². The number of nitrogens with zero attached hydrogens (tertiary/aromatic N) is 3. The lowest BCUT2D eigenvalue weighted by Gasteiger charge is -2.40. The third-order valence-corrected chi connectivity index (χ3v) is 4.19. The summed E-state index contributed by atoms with van der Waals surface area (Å²) in [5.74, 6) is 0.0289. The summed E-state index contributed by atoms with van der Waals surface area (Å²) < 4.78 is 6.28. The van der Waals surface area contributed by atoms with Gasteiger partial charge in [-0.15, -0.1) is 0 Å². The highest BCUT2D eigenvalue weighted by Crippen LogP contribution is 2.16. The van der Waals surface area contributed by atoms with Crippen LogP contribution >= 0.6 is 15.9 Å². The largest absolute Gasteiger partial charge is 0.444 e. The molecular formula is C17H24BrN3O3. The molecule has 1 aliphatic heterocycles. The Balaban J connectivity index is 1.91. The summed E-state index contributed by atoms with van der Waals surface area (Å²) in [5, 5.41) is 0. The number of halogens is 1. The van der Waals surface area contributed by atoms with E-state index in [-0.39, 0.29) is 24.5 Å². The number of rotatable bonds is 2. The Kier molecular flexibility index (Phi) is 5.85. The first-order valence-corrected chi connectivity index (χ1v) is 8.83. The molecule has 2 rings (SSSR count). The fourth-order valence-electron chi connectivity index (χ4n) is 2.59. The number of ether oxygens (including phenoxy) is 1. The Bertz CT molecular complexity index is 598. The number of amides is 2. The van der Waals surface area contributed by atoms with Gasteiger partial charge in [-0.05, 0) is 55.8 Å². The van der Waals surface area contributed by atoms with E-state index in [0.29, 0.717) is 19.6 Å². The first-order valence-electron chi connectivity index (χ1n) is 8.03. The zero-order valence-electron chi connectivity index (χ0n) is 14.6. The van der Waals surface area contributed by atoms with Crippen LogP contribution in [0.15, 0.2) is 22.8 Å². The maximum absolute atomic E-state index is 12.5. The van der Waals surface area contributed by atoms with Crippen LogP contribution in [0.3, 0.4) is 0 Å². The molecule has 2 amide bonds. The molecule has 24 heavy (non-hydrogen) atoms. The number of hydrogen-bond donors (Lipinski definition) is 0. The highest BCUT2D eigenvalue weighted by molar-refractivity contribution is 9.10. The van der Waals surface area contributed by atoms with Crippen molar-refractivity contribution in [3.8, 4) is 0 Å². The first kappa shape index (κ1) is 18.7. The van der Waals surface area contributed by atoms with E-state index in [2.05, 4.69) is 20.9 Å². The fourth-order valence-corrected chi connectivity index (χ4v) is 2.82. The van der Waals surface area contributed by atoms with Gasteiger partial charge in [-0.2, -0.15) is 0 Å². The van der Waals surface area contributed by atoms with Crippen LogP contribution in [0.4, 0.5) is 4.79 Å². The molecule has 1 aromatic rings. The maximum Gasteiger partial charge on any atom is 0.410 e. The lowest BCUT2D eigenvalue weighted by molar-refractivity contribution is -0.135. The van der Waals surface area contributed by atoms with E-state index in [0.717, 1.165) is 10.2 Å². The average Bonchev–Trinajstić information content (AvgIpc) is 2.47. The molecule has 0 aliphatic carbocycles. The Labute approximate surface area is 151 Å². The summed E-state index contributed by atoms with van der Waals surface area (Å²) in [6.45, 7) is 8.96. The van der Waals surface area contributed by atoms with Crippen LogP contribution in [-0.4, -0.2) is 58.1 Å². The van der Waals surface area contributed by atoms with Gasteiger partial charge < -0.3 is 14.5 Å². The molecule has 0 bridgehead atoms. The minimum absolute atomic E-state index is 0.0289. The number of carbonyl (C=O) groups is 2. The summed E-state index contributed by atoms with van der Waals surface area (Å²) >= 11 is 3.33. The lowest BCUT2D eigenvalue weighted by atomic mass is 10.1. The second-order valence-electron chi connectivity index (χ2n) is 7.01. The van der Waals surface area contributed by atoms with E-state index in [1.54, 1.807) is 11.1 Å². The number of carbonyl (C=O) groups excluding carboxylic acids is 2. The molecule has 0 N–H and O–H groups in total. The summed E-state index contributed by atoms with van der Waals surface area (Å²) in [7, 11) is 0. The van der Waals surface area contributed by atoms with Crippen molar-refractivity contribution in [2.75, 3.05) is 19.6 Å². The molecule has 132 valence electrons. The quantitative estimate of drug-likeness (QED) is 0.769. The Morgan fingerprint density at radius 1 is 1.33 bits per heavy atom. The van der Waals surface area contributed by atoms with Crippen molar-refractivity contribution in [3.63, 3.8) is 0 Å². The molecule has 0 aromatic carbocycles. The molecule has 0 saturated carbocycles. The fraction of sp³-hybridized carbons (Fsp3) is 0.588. The average molecular weight is 398 g/mol. The predicted octanol–water partition coefficient (Wildman–Crippen LogP) is 2.85. The molecule has 1 aromatic heterocycles. The Morgan fingerprint density at radius 2 is 2.04 bits per heavy atom. The van der Waals surface area contributed by atoms with E-state index < -0.39 is 5.60 Å². The smallest absolute Gasteiger partial charge is 0.410 e. The van der Waals surface area contributed by atoms with Crippen LogP contribution in [0.25, 0.3) is 0 Å². The van der Waals surface area contributed by atoms with Gasteiger partial charge in [-0.1, -0.05) is 0 Å². The summed E-state index contributed by atoms with van der Waals surface area (Å²) in [6, 6.07) is 3.66. The Morgan fingerprint density at radius 3 is 2.58 bits per heavy atom. The van der Waals surface area contributed by atoms with Crippen molar-refractivity contribution in [2.45, 2.75) is 45.8 Å². The SMILES string of the molecule is CC1CN(C(=O)OC(C)(C)C)CCN1C(=O)Cc1ccc(Br)cn1. The molecule has 1 unspecified atom stereocenters. The van der Waals surface area contributed by atoms with Crippen molar-refractivity contribution in [3.05, 3.63) is 28.5 Å². The van der Waals surface area contributed by atoms with Gasteiger partial charge in [0.25, 0.3) is 0 Å². The minimum Gasteiger partial charge on any atom is -0.444 e. The Hall–Kier alpha value is -1.63. The molecule has 0 spiro atoms. The van der Waals surface area contributed by atoms with Crippen molar-refractivity contribution in [1.29, 1.82) is 0 Å². The van der Waals surface area contributed by atoms with Crippen LogP contribution in [0.2, 0.25) is 0 Å². The predicted molar refractivity (Wildman–Crippen MR) is 94.6 cm³/mol. The number of piperazine rings is 1. The van der Waals surface area contributed by atoms with Crippen molar-refractivity contribution in [2.24, 2.45) is 0 Å². The lowest BCUT2D eigenvalue weighted by Crippen LogP contribution is -2.56. The number of pyridine rings is 1. The molecule has 2 heterocycles. The monoisotopic (exact) mass is 397 g/mol. The van der Waals surface area contributed by atoms with Gasteiger partial charge in [0.05, 0.1) is 6.42 Å². The van der Waals surface area contributed by atoms with Crippen LogP contribution < -0.4 is 0 Å². The molecule has 1 atom stereocenters. The van der Waals surface area contributed by atoms with E-state index in [1.807, 2.05) is 44.7 Å². The number of hydrogen-bond acceptors (Lipinski definition) is 4. The van der Waals surface area contributed by atoms with Gasteiger partial charge in [0.15, 0.2) is 0 Å². The van der Waals surface area contributed by atoms with E-state index >= 15 is 0 Å². The van der Waals surface area contributed by atoms with Crippen molar-refractivity contribution >= 4 is 27.9 Å². The molecule has 6 nitrogen and oxygen atoms in total. The highest BCUT2D eigenvalue weighted by atomic mass is 79.9. The topological polar surface area (TPSA) is 62.7 Å². The van der Waals surface area contributed by atoms with Crippen molar-refractivity contribution < 1.29 is 14.3 Å². The van der Waals surface area contributed by atoms with Crippen LogP contribution in [0.5, 0.6) is 0 Å². The summed E-state index contributed by atoms with van der Waals surface area (Å²) in [6.07, 6.45) is 1.63. The zero-order valence-corrected chi connectivity index (χ0v) is 16.2. The van der Waals surface area contributed by atoms with Crippen LogP contribution in [-0.2, 0) is 16.0 Å². The minimum atomic E-state index is -0.513. The van der Waals surface area contributed by atoms with Crippen LogP contribution in [0, 0.1) is 0 Å². The van der Waals surface area contributed by atoms with Gasteiger partial charge in [0.1, 0.15) is 5.60 Å². The third kappa shape index (κ3) is 5.19. The van der Waals surface area contributed by atoms with E-state index in [4.69, 9.17) is 4.74 Å². The summed E-state index contributed by atoms with van der Waals surface area (Å²) in [4.78, 5) is 32.4. The standard InChI is InChI=1S/C17H24BrN3O3/c1-12-11-20(16(23)24-17(2,3)4)7-8-21(12)15(22)9-14-6-5-13(18)10-19-14/h5-6,10,12H,7-9,11H2,1-4H3. The van der Waals surface area contributed by atoms with Gasteiger partial charge in [-0.25, -0.2) is 4.79 Å². The molecule has 1 aliphatic rings. The normalized spacial score (nSPS) is 18.5. The third-order valence-electron chi connectivity index (χ3n) is 3.72. The number of aromatic nitrogens is 1. The van der Waals surface area contributed by atoms with Crippen molar-refractivity contribution in [1.82, 2.24) is 14.8 Å². The van der Waals surface area contributed by atoms with Gasteiger partial charge >= 0.3 is 6.09 Å². The molecule has 1 saturated heterocycles. The molecular weight excluding hydrogens is 374 g/mol. The highest BCUT2D eigenvalue weighted by Gasteiger charge is 2.31. The van der Waals surface area contributed by atoms with Crippen LogP contribution in [0.1, 0.15) is 33.4 Å².